The van der Waals surface area contributed by atoms with Crippen molar-refractivity contribution in [3.63, 3.8) is 0 Å². The Labute approximate surface area is 127 Å². The Hall–Kier alpha value is -0.830. The molecule has 0 amide bonds. The molecule has 0 bridgehead atoms. The van der Waals surface area contributed by atoms with Gasteiger partial charge in [0.15, 0.2) is 0 Å². The zero-order chi connectivity index (χ0) is 13.7. The van der Waals surface area contributed by atoms with Crippen LogP contribution in [0.3, 0.4) is 0 Å². The first-order valence-electron chi connectivity index (χ1n) is 6.41. The lowest BCUT2D eigenvalue weighted by molar-refractivity contribution is 0.669. The van der Waals surface area contributed by atoms with Gasteiger partial charge in [-0.1, -0.05) is 51.8 Å². The molecule has 0 heterocycles. The molecule has 0 aliphatic heterocycles. The van der Waals surface area contributed by atoms with Gasteiger partial charge in [-0.15, -0.1) is 0 Å². The molecule has 2 rings (SSSR count). The highest BCUT2D eigenvalue weighted by Crippen LogP contribution is 2.30. The van der Waals surface area contributed by atoms with Crippen LogP contribution in [0.1, 0.15) is 29.9 Å². The quantitative estimate of drug-likeness (QED) is 0.818. The van der Waals surface area contributed by atoms with Crippen molar-refractivity contribution >= 4 is 27.5 Å². The molecule has 19 heavy (non-hydrogen) atoms. The van der Waals surface area contributed by atoms with Gasteiger partial charge in [0, 0.05) is 15.4 Å². The van der Waals surface area contributed by atoms with Crippen LogP contribution >= 0.6 is 27.5 Å². The zero-order valence-corrected chi connectivity index (χ0v) is 13.0. The van der Waals surface area contributed by atoms with Crippen LogP contribution in [0.25, 0.3) is 0 Å². The van der Waals surface area contributed by atoms with E-state index in [1.54, 1.807) is 0 Å². The molecule has 1 unspecified atom stereocenters. The Morgan fingerprint density at radius 3 is 2.00 bits per heavy atom. The predicted octanol–water partition coefficient (Wildman–Crippen LogP) is 4.97. The molecule has 2 N–H and O–H groups in total. The second-order valence-electron chi connectivity index (χ2n) is 4.59. The number of rotatable bonds is 5. The lowest BCUT2D eigenvalue weighted by Gasteiger charge is -2.18. The number of halogens is 2. The Morgan fingerprint density at radius 2 is 1.47 bits per heavy atom. The summed E-state index contributed by atoms with van der Waals surface area (Å²) in [5, 5.41) is 0.775. The summed E-state index contributed by atoms with van der Waals surface area (Å²) in [4.78, 5) is 0. The van der Waals surface area contributed by atoms with Crippen LogP contribution in [0.5, 0.6) is 0 Å². The molecule has 1 atom stereocenters. The van der Waals surface area contributed by atoms with E-state index >= 15 is 0 Å². The molecule has 0 saturated carbocycles. The first kappa shape index (κ1) is 14.6. The summed E-state index contributed by atoms with van der Waals surface area (Å²) >= 11 is 9.44. The molecule has 0 saturated heterocycles. The normalized spacial score (nSPS) is 12.4. The third-order valence-electron chi connectivity index (χ3n) is 3.24. The standard InChI is InChI=1S/C16H17BrClN/c17-14-7-3-12(4-8-14)16(2-1-11-19)13-5-9-15(18)10-6-13/h3-10,16H,1-2,11,19H2. The van der Waals surface area contributed by atoms with Gasteiger partial charge in [0.1, 0.15) is 0 Å². The highest BCUT2D eigenvalue weighted by Gasteiger charge is 2.13. The molecular weight excluding hydrogens is 322 g/mol. The summed E-state index contributed by atoms with van der Waals surface area (Å²) in [6.45, 7) is 0.723. The summed E-state index contributed by atoms with van der Waals surface area (Å²) in [6, 6.07) is 16.6. The minimum atomic E-state index is 0.383. The van der Waals surface area contributed by atoms with E-state index in [9.17, 15) is 0 Å². The van der Waals surface area contributed by atoms with Crippen LogP contribution in [0, 0.1) is 0 Å². The summed E-state index contributed by atoms with van der Waals surface area (Å²) in [7, 11) is 0. The van der Waals surface area contributed by atoms with E-state index in [1.807, 2.05) is 12.1 Å². The molecule has 2 aromatic carbocycles. The second-order valence-corrected chi connectivity index (χ2v) is 5.94. The first-order chi connectivity index (χ1) is 9.20. The Balaban J connectivity index is 2.29. The summed E-state index contributed by atoms with van der Waals surface area (Å²) < 4.78 is 1.10. The fraction of sp³-hybridized carbons (Fsp3) is 0.250. The van der Waals surface area contributed by atoms with Crippen LogP contribution in [0.2, 0.25) is 5.02 Å². The zero-order valence-electron chi connectivity index (χ0n) is 10.7. The topological polar surface area (TPSA) is 26.0 Å². The smallest absolute Gasteiger partial charge is 0.0406 e. The molecule has 2 aromatic rings. The second kappa shape index (κ2) is 7.09. The van der Waals surface area contributed by atoms with Crippen LogP contribution in [0.4, 0.5) is 0 Å². The molecule has 100 valence electrons. The van der Waals surface area contributed by atoms with E-state index in [0.29, 0.717) is 5.92 Å². The Morgan fingerprint density at radius 1 is 0.947 bits per heavy atom. The molecule has 1 nitrogen and oxygen atoms in total. The van der Waals surface area contributed by atoms with Crippen LogP contribution in [0.15, 0.2) is 53.0 Å². The summed E-state index contributed by atoms with van der Waals surface area (Å²) in [5.41, 5.74) is 8.26. The van der Waals surface area contributed by atoms with Gasteiger partial charge in [0.2, 0.25) is 0 Å². The fourth-order valence-corrected chi connectivity index (χ4v) is 2.63. The van der Waals surface area contributed by atoms with Crippen LogP contribution < -0.4 is 5.73 Å². The molecular formula is C16H17BrClN. The van der Waals surface area contributed by atoms with Crippen LogP contribution in [-0.4, -0.2) is 6.54 Å². The third-order valence-corrected chi connectivity index (χ3v) is 4.02. The van der Waals surface area contributed by atoms with E-state index in [1.165, 1.54) is 11.1 Å². The average Bonchev–Trinajstić information content (AvgIpc) is 2.43. The van der Waals surface area contributed by atoms with Gasteiger partial charge in [-0.3, -0.25) is 0 Å². The van der Waals surface area contributed by atoms with Crippen molar-refractivity contribution in [1.29, 1.82) is 0 Å². The Kier molecular flexibility index (Phi) is 5.44. The summed E-state index contributed by atoms with van der Waals surface area (Å²) in [6.07, 6.45) is 2.07. The van der Waals surface area contributed by atoms with E-state index in [2.05, 4.69) is 52.3 Å². The van der Waals surface area contributed by atoms with E-state index < -0.39 is 0 Å². The predicted molar refractivity (Wildman–Crippen MR) is 85.7 cm³/mol. The van der Waals surface area contributed by atoms with Crippen LogP contribution in [-0.2, 0) is 0 Å². The number of nitrogens with two attached hydrogens (primary N) is 1. The minimum absolute atomic E-state index is 0.383. The van der Waals surface area contributed by atoms with Crippen molar-refractivity contribution in [2.24, 2.45) is 5.73 Å². The van der Waals surface area contributed by atoms with Crippen molar-refractivity contribution in [3.8, 4) is 0 Å². The lowest BCUT2D eigenvalue weighted by atomic mass is 9.87. The molecule has 3 heteroatoms. The fourth-order valence-electron chi connectivity index (χ4n) is 2.24. The van der Waals surface area contributed by atoms with E-state index in [0.717, 1.165) is 28.9 Å². The SMILES string of the molecule is NCCCC(c1ccc(Cl)cc1)c1ccc(Br)cc1. The van der Waals surface area contributed by atoms with Crippen molar-refractivity contribution in [2.45, 2.75) is 18.8 Å². The number of hydrogen-bond donors (Lipinski definition) is 1. The van der Waals surface area contributed by atoms with Gasteiger partial charge in [-0.2, -0.15) is 0 Å². The summed E-state index contributed by atoms with van der Waals surface area (Å²) in [5.74, 6) is 0.383. The monoisotopic (exact) mass is 337 g/mol. The number of hydrogen-bond acceptors (Lipinski definition) is 1. The molecule has 0 spiro atoms. The molecule has 0 fully saturated rings. The van der Waals surface area contributed by atoms with Gasteiger partial charge in [-0.25, -0.2) is 0 Å². The maximum absolute atomic E-state index is 5.96. The highest BCUT2D eigenvalue weighted by atomic mass is 79.9. The van der Waals surface area contributed by atoms with Crippen molar-refractivity contribution in [3.05, 3.63) is 69.2 Å². The molecule has 0 aromatic heterocycles. The molecule has 0 aliphatic rings. The number of benzene rings is 2. The average molecular weight is 339 g/mol. The van der Waals surface area contributed by atoms with Gasteiger partial charge < -0.3 is 5.73 Å². The Bertz CT molecular complexity index is 462. The van der Waals surface area contributed by atoms with Gasteiger partial charge in [0.25, 0.3) is 0 Å². The van der Waals surface area contributed by atoms with Crippen molar-refractivity contribution in [2.75, 3.05) is 6.54 Å². The largest absolute Gasteiger partial charge is 0.330 e. The lowest BCUT2D eigenvalue weighted by Crippen LogP contribution is -2.05. The molecule has 0 radical (unpaired) electrons. The van der Waals surface area contributed by atoms with Crippen molar-refractivity contribution in [1.82, 2.24) is 0 Å². The van der Waals surface area contributed by atoms with Gasteiger partial charge in [-0.05, 0) is 54.8 Å². The van der Waals surface area contributed by atoms with Gasteiger partial charge >= 0.3 is 0 Å². The maximum Gasteiger partial charge on any atom is 0.0406 e. The van der Waals surface area contributed by atoms with E-state index in [4.69, 9.17) is 17.3 Å². The molecule has 0 aliphatic carbocycles. The first-order valence-corrected chi connectivity index (χ1v) is 7.59. The van der Waals surface area contributed by atoms with Crippen molar-refractivity contribution < 1.29 is 0 Å². The van der Waals surface area contributed by atoms with E-state index in [-0.39, 0.29) is 0 Å². The maximum atomic E-state index is 5.96. The third kappa shape index (κ3) is 4.07. The van der Waals surface area contributed by atoms with Gasteiger partial charge in [0.05, 0.1) is 0 Å². The highest BCUT2D eigenvalue weighted by molar-refractivity contribution is 9.10. The minimum Gasteiger partial charge on any atom is -0.330 e.